The molecule has 1 saturated heterocycles. The smallest absolute Gasteiger partial charge is 0.119 e. The number of hydrogen-bond donors (Lipinski definition) is 1. The van der Waals surface area contributed by atoms with E-state index in [4.69, 9.17) is 4.74 Å². The van der Waals surface area contributed by atoms with Crippen LogP contribution >= 0.6 is 0 Å². The van der Waals surface area contributed by atoms with E-state index in [-0.39, 0.29) is 6.10 Å². The van der Waals surface area contributed by atoms with Crippen molar-refractivity contribution in [2.24, 2.45) is 0 Å². The number of benzene rings is 1. The fourth-order valence-electron chi connectivity index (χ4n) is 2.20. The van der Waals surface area contributed by atoms with Crippen LogP contribution < -0.4 is 4.74 Å². The van der Waals surface area contributed by atoms with Crippen molar-refractivity contribution >= 4 is 0 Å². The number of aryl methyl sites for hydroxylation is 1. The van der Waals surface area contributed by atoms with Crippen molar-refractivity contribution in [2.75, 3.05) is 26.2 Å². The van der Waals surface area contributed by atoms with Crippen LogP contribution in [0.4, 0.5) is 0 Å². The summed E-state index contributed by atoms with van der Waals surface area (Å²) in [6, 6.07) is 8.13. The minimum absolute atomic E-state index is 0.118. The summed E-state index contributed by atoms with van der Waals surface area (Å²) < 4.78 is 5.68. The maximum atomic E-state index is 9.39. The molecule has 0 aliphatic carbocycles. The van der Waals surface area contributed by atoms with Gasteiger partial charge in [0.05, 0.1) is 12.7 Å². The van der Waals surface area contributed by atoms with E-state index in [1.807, 2.05) is 12.1 Å². The number of aliphatic hydroxyl groups is 1. The number of aliphatic hydroxyl groups excluding tert-OH is 1. The van der Waals surface area contributed by atoms with Gasteiger partial charge in [-0.1, -0.05) is 12.1 Å². The van der Waals surface area contributed by atoms with Crippen LogP contribution in [-0.2, 0) is 0 Å². The van der Waals surface area contributed by atoms with Gasteiger partial charge in [-0.15, -0.1) is 0 Å². The zero-order valence-corrected chi connectivity index (χ0v) is 10.4. The molecular weight excluding hydrogens is 214 g/mol. The third-order valence-corrected chi connectivity index (χ3v) is 3.12. The Bertz CT molecular complexity index is 354. The van der Waals surface area contributed by atoms with Crippen LogP contribution in [0, 0.1) is 6.92 Å². The standard InChI is InChI=1S/C14H21NO2/c1-12-4-2-5-14(10-12)17-9-3-7-15-8-6-13(16)11-15/h2,4-5,10,13,16H,3,6-9,11H2,1H3/t13-/m0/s1. The van der Waals surface area contributed by atoms with Gasteiger partial charge in [0.2, 0.25) is 0 Å². The molecule has 17 heavy (non-hydrogen) atoms. The Kier molecular flexibility index (Phi) is 4.40. The van der Waals surface area contributed by atoms with Crippen molar-refractivity contribution in [3.63, 3.8) is 0 Å². The summed E-state index contributed by atoms with van der Waals surface area (Å²) in [5.74, 6) is 0.950. The van der Waals surface area contributed by atoms with E-state index in [1.165, 1.54) is 5.56 Å². The summed E-state index contributed by atoms with van der Waals surface area (Å²) in [6.45, 7) is 5.67. The van der Waals surface area contributed by atoms with Crippen LogP contribution in [0.2, 0.25) is 0 Å². The molecule has 1 aromatic rings. The first-order valence-electron chi connectivity index (χ1n) is 6.34. The van der Waals surface area contributed by atoms with Crippen LogP contribution in [0.15, 0.2) is 24.3 Å². The molecular formula is C14H21NO2. The lowest BCUT2D eigenvalue weighted by Crippen LogP contribution is -2.24. The van der Waals surface area contributed by atoms with Gasteiger partial charge in [-0.25, -0.2) is 0 Å². The van der Waals surface area contributed by atoms with E-state index in [9.17, 15) is 5.11 Å². The van der Waals surface area contributed by atoms with Crippen molar-refractivity contribution < 1.29 is 9.84 Å². The second-order valence-electron chi connectivity index (χ2n) is 4.76. The SMILES string of the molecule is Cc1cccc(OCCCN2CC[C@H](O)C2)c1. The van der Waals surface area contributed by atoms with Crippen LogP contribution in [0.1, 0.15) is 18.4 Å². The molecule has 1 heterocycles. The van der Waals surface area contributed by atoms with Gasteiger partial charge in [0, 0.05) is 19.6 Å². The molecule has 1 aliphatic rings. The second-order valence-corrected chi connectivity index (χ2v) is 4.76. The van der Waals surface area contributed by atoms with Crippen LogP contribution in [0.3, 0.4) is 0 Å². The normalized spacial score (nSPS) is 20.7. The highest BCUT2D eigenvalue weighted by molar-refractivity contribution is 5.27. The molecule has 1 aromatic carbocycles. The Morgan fingerprint density at radius 3 is 3.06 bits per heavy atom. The molecule has 0 amide bonds. The lowest BCUT2D eigenvalue weighted by atomic mass is 10.2. The van der Waals surface area contributed by atoms with Gasteiger partial charge in [-0.05, 0) is 37.5 Å². The highest BCUT2D eigenvalue weighted by atomic mass is 16.5. The van der Waals surface area contributed by atoms with E-state index in [1.54, 1.807) is 0 Å². The fourth-order valence-corrected chi connectivity index (χ4v) is 2.20. The summed E-state index contributed by atoms with van der Waals surface area (Å²) in [4.78, 5) is 2.30. The molecule has 2 rings (SSSR count). The predicted molar refractivity (Wildman–Crippen MR) is 68.4 cm³/mol. The van der Waals surface area contributed by atoms with Gasteiger partial charge in [-0.3, -0.25) is 0 Å². The van der Waals surface area contributed by atoms with Crippen molar-refractivity contribution in [1.29, 1.82) is 0 Å². The first kappa shape index (κ1) is 12.4. The second kappa shape index (κ2) is 6.03. The van der Waals surface area contributed by atoms with E-state index < -0.39 is 0 Å². The topological polar surface area (TPSA) is 32.7 Å². The van der Waals surface area contributed by atoms with Crippen molar-refractivity contribution in [2.45, 2.75) is 25.9 Å². The molecule has 3 nitrogen and oxygen atoms in total. The number of nitrogens with zero attached hydrogens (tertiary/aromatic N) is 1. The fraction of sp³-hybridized carbons (Fsp3) is 0.571. The van der Waals surface area contributed by atoms with Crippen LogP contribution in [0.25, 0.3) is 0 Å². The molecule has 1 fully saturated rings. The van der Waals surface area contributed by atoms with E-state index >= 15 is 0 Å². The monoisotopic (exact) mass is 235 g/mol. The van der Waals surface area contributed by atoms with Gasteiger partial charge in [0.15, 0.2) is 0 Å². The Morgan fingerprint density at radius 2 is 2.35 bits per heavy atom. The van der Waals surface area contributed by atoms with Crippen molar-refractivity contribution in [1.82, 2.24) is 4.90 Å². The molecule has 1 aliphatic heterocycles. The van der Waals surface area contributed by atoms with Gasteiger partial charge >= 0.3 is 0 Å². The minimum atomic E-state index is -0.118. The molecule has 0 spiro atoms. The number of β-amino-alcohol motifs (C(OH)–C–C–N with tert-alkyl or cyclic N) is 1. The zero-order valence-electron chi connectivity index (χ0n) is 10.4. The minimum Gasteiger partial charge on any atom is -0.494 e. The van der Waals surface area contributed by atoms with Gasteiger partial charge in [0.25, 0.3) is 0 Å². The summed E-state index contributed by atoms with van der Waals surface area (Å²) in [5, 5.41) is 9.39. The average Bonchev–Trinajstić information content (AvgIpc) is 2.71. The van der Waals surface area contributed by atoms with Crippen LogP contribution in [-0.4, -0.2) is 42.4 Å². The summed E-state index contributed by atoms with van der Waals surface area (Å²) in [7, 11) is 0. The van der Waals surface area contributed by atoms with Crippen molar-refractivity contribution in [3.8, 4) is 5.75 Å². The van der Waals surface area contributed by atoms with Crippen molar-refractivity contribution in [3.05, 3.63) is 29.8 Å². The third-order valence-electron chi connectivity index (χ3n) is 3.12. The van der Waals surface area contributed by atoms with E-state index in [2.05, 4.69) is 24.0 Å². The summed E-state index contributed by atoms with van der Waals surface area (Å²) in [5.41, 5.74) is 1.23. The molecule has 0 aromatic heterocycles. The molecule has 1 N–H and O–H groups in total. The first-order chi connectivity index (χ1) is 8.24. The number of rotatable bonds is 5. The molecule has 94 valence electrons. The lowest BCUT2D eigenvalue weighted by molar-refractivity contribution is 0.173. The van der Waals surface area contributed by atoms with Gasteiger partial charge in [0.1, 0.15) is 5.75 Å². The number of ether oxygens (including phenoxy) is 1. The highest BCUT2D eigenvalue weighted by Crippen LogP contribution is 2.13. The van der Waals surface area contributed by atoms with Crippen LogP contribution in [0.5, 0.6) is 5.75 Å². The largest absolute Gasteiger partial charge is 0.494 e. The maximum Gasteiger partial charge on any atom is 0.119 e. The zero-order chi connectivity index (χ0) is 12.1. The number of hydrogen-bond acceptors (Lipinski definition) is 3. The lowest BCUT2D eigenvalue weighted by Gasteiger charge is -2.14. The molecule has 3 heteroatoms. The highest BCUT2D eigenvalue weighted by Gasteiger charge is 2.18. The molecule has 0 bridgehead atoms. The summed E-state index contributed by atoms with van der Waals surface area (Å²) in [6.07, 6.45) is 1.81. The molecule has 1 atom stereocenters. The maximum absolute atomic E-state index is 9.39. The van der Waals surface area contributed by atoms with E-state index in [0.717, 1.165) is 44.8 Å². The average molecular weight is 235 g/mol. The molecule has 0 unspecified atom stereocenters. The number of likely N-dealkylation sites (tertiary alicyclic amines) is 1. The molecule has 0 radical (unpaired) electrons. The summed E-state index contributed by atoms with van der Waals surface area (Å²) >= 11 is 0. The Balaban J connectivity index is 1.63. The Hall–Kier alpha value is -1.06. The Labute approximate surface area is 103 Å². The van der Waals surface area contributed by atoms with Gasteiger partial charge < -0.3 is 14.7 Å². The van der Waals surface area contributed by atoms with E-state index in [0.29, 0.717) is 0 Å². The third kappa shape index (κ3) is 4.02. The first-order valence-corrected chi connectivity index (χ1v) is 6.34. The predicted octanol–water partition coefficient (Wildman–Crippen LogP) is 1.83. The van der Waals surface area contributed by atoms with Gasteiger partial charge in [-0.2, -0.15) is 0 Å². The quantitative estimate of drug-likeness (QED) is 0.790. The molecule has 0 saturated carbocycles. The Morgan fingerprint density at radius 1 is 1.47 bits per heavy atom.